The van der Waals surface area contributed by atoms with Gasteiger partial charge in [-0.15, -0.1) is 0 Å². The molecule has 4 N–H and O–H groups in total. The highest BCUT2D eigenvalue weighted by molar-refractivity contribution is 6.31. The summed E-state index contributed by atoms with van der Waals surface area (Å²) in [5.74, 6) is -3.26. The maximum absolute atomic E-state index is 14.1. The number of carbonyl (C=O) groups is 4. The Kier molecular flexibility index (Phi) is 9.41. The Morgan fingerprint density at radius 2 is 1.72 bits per heavy atom. The molecule has 0 radical (unpaired) electrons. The first kappa shape index (κ1) is 36.8. The highest BCUT2D eigenvalue weighted by Gasteiger charge is 2.55. The lowest BCUT2D eigenvalue weighted by Crippen LogP contribution is -2.55. The summed E-state index contributed by atoms with van der Waals surface area (Å²) < 4.78 is 35.9. The number of aromatic hydroxyl groups is 2. The van der Waals surface area contributed by atoms with Crippen LogP contribution in [0.1, 0.15) is 68.8 Å². The van der Waals surface area contributed by atoms with Crippen molar-refractivity contribution in [2.75, 3.05) is 60.1 Å². The van der Waals surface area contributed by atoms with Crippen LogP contribution >= 0.6 is 0 Å². The average Bonchev–Trinajstić information content (AvgIpc) is 3.54. The molecule has 4 fully saturated rings. The van der Waals surface area contributed by atoms with Crippen LogP contribution in [0.15, 0.2) is 18.2 Å². The number of hydrogen-bond acceptors (Lipinski definition) is 15. The Balaban J connectivity index is 1.16. The van der Waals surface area contributed by atoms with E-state index in [9.17, 15) is 39.6 Å². The van der Waals surface area contributed by atoms with Gasteiger partial charge in [-0.3, -0.25) is 24.2 Å². The van der Waals surface area contributed by atoms with E-state index in [0.29, 0.717) is 13.2 Å². The minimum atomic E-state index is -2.16. The molecule has 4 saturated heterocycles. The van der Waals surface area contributed by atoms with E-state index in [4.69, 9.17) is 28.4 Å². The maximum atomic E-state index is 14.1. The number of phenolic OH excluding ortho intramolecular Hbond substituents is 2. The SMILES string of the molecule is COc1cccc2c1C(=O)c1c(O)c3c(c(O)c1C2=O)C[C@@](O)(C(=O)CN1CCN(C(=O)O)CC1)C[C@@H]3O[C@H]1C[C@H]2[C@H](O[C@@H]3[C@@H](OC)OCCN32)[C@H](C)O1. The van der Waals surface area contributed by atoms with Gasteiger partial charge in [0.25, 0.3) is 0 Å². The second kappa shape index (κ2) is 13.8. The summed E-state index contributed by atoms with van der Waals surface area (Å²) >= 11 is 0. The van der Waals surface area contributed by atoms with Gasteiger partial charge < -0.3 is 53.7 Å². The number of aliphatic hydroxyl groups is 1. The largest absolute Gasteiger partial charge is 0.507 e. The molecule has 6 aliphatic rings. The Hall–Kier alpha value is -4.20. The molecule has 290 valence electrons. The molecule has 8 rings (SSSR count). The first-order valence-corrected chi connectivity index (χ1v) is 18.0. The van der Waals surface area contributed by atoms with Crippen molar-refractivity contribution in [3.05, 3.63) is 51.6 Å². The molecule has 2 aliphatic carbocycles. The standard InChI is InChI=1S/C37H43N3O14/c1-17-33-20(40-11-12-51-35(50-3)34(40)54-33)13-24(52-17)53-22-15-37(48,23(41)16-38-7-9-39(10-8-38)36(46)47)14-19-26(22)32(45)28-27(30(19)43)29(42)18-5-4-6-21(49-2)25(18)31(28)44/h4-6,17,20,22,24,33-35,43,45,48H,7-16H2,1-3H3,(H,46,47)/t17-,20-,22-,24-,33+,34+,35-,37-/m0/s1. The third kappa shape index (κ3) is 5.85. The van der Waals surface area contributed by atoms with Crippen LogP contribution in [0.4, 0.5) is 4.79 Å². The van der Waals surface area contributed by atoms with E-state index in [2.05, 4.69) is 4.90 Å². The summed E-state index contributed by atoms with van der Waals surface area (Å²) in [4.78, 5) is 58.7. The number of Topliss-reactive ketones (excluding diaryl/α,β-unsaturated/α-hetero) is 1. The number of hydrogen-bond donors (Lipinski definition) is 4. The van der Waals surface area contributed by atoms with Gasteiger partial charge in [0.15, 0.2) is 30.4 Å². The first-order valence-electron chi connectivity index (χ1n) is 18.0. The normalized spacial score (nSPS) is 32.3. The van der Waals surface area contributed by atoms with Gasteiger partial charge in [-0.05, 0) is 13.0 Å². The number of carboxylic acid groups (broad SMARTS) is 1. The van der Waals surface area contributed by atoms with Gasteiger partial charge in [0.2, 0.25) is 5.78 Å². The summed E-state index contributed by atoms with van der Waals surface area (Å²) in [5, 5.41) is 45.5. The Labute approximate surface area is 309 Å². The molecule has 2 aromatic rings. The number of ketones is 3. The van der Waals surface area contributed by atoms with Crippen molar-refractivity contribution in [1.82, 2.24) is 14.7 Å². The number of methoxy groups -OCH3 is 2. The van der Waals surface area contributed by atoms with Gasteiger partial charge in [-0.25, -0.2) is 4.79 Å². The molecule has 0 aromatic heterocycles. The zero-order valence-corrected chi connectivity index (χ0v) is 30.1. The van der Waals surface area contributed by atoms with Crippen molar-refractivity contribution in [2.45, 2.75) is 74.9 Å². The van der Waals surface area contributed by atoms with E-state index in [0.717, 1.165) is 0 Å². The smallest absolute Gasteiger partial charge is 0.407 e. The number of ether oxygens (including phenoxy) is 6. The zero-order chi connectivity index (χ0) is 38.2. The van der Waals surface area contributed by atoms with Crippen molar-refractivity contribution in [1.29, 1.82) is 0 Å². The van der Waals surface area contributed by atoms with Gasteiger partial charge in [-0.2, -0.15) is 0 Å². The molecule has 17 nitrogen and oxygen atoms in total. The number of morpholine rings is 1. The van der Waals surface area contributed by atoms with Crippen LogP contribution in [-0.4, -0.2) is 161 Å². The fourth-order valence-corrected chi connectivity index (χ4v) is 8.99. The van der Waals surface area contributed by atoms with Crippen molar-refractivity contribution < 1.29 is 68.0 Å². The third-order valence-corrected chi connectivity index (χ3v) is 11.7. The van der Waals surface area contributed by atoms with Crippen molar-refractivity contribution in [3.63, 3.8) is 0 Å². The van der Waals surface area contributed by atoms with Gasteiger partial charge in [0.1, 0.15) is 29.0 Å². The van der Waals surface area contributed by atoms with Crippen molar-refractivity contribution in [3.8, 4) is 17.2 Å². The van der Waals surface area contributed by atoms with Crippen LogP contribution in [0.5, 0.6) is 17.2 Å². The van der Waals surface area contributed by atoms with E-state index >= 15 is 0 Å². The molecule has 0 spiro atoms. The third-order valence-electron chi connectivity index (χ3n) is 11.7. The Morgan fingerprint density at radius 3 is 2.43 bits per heavy atom. The van der Waals surface area contributed by atoms with E-state index in [-0.39, 0.29) is 85.7 Å². The highest BCUT2D eigenvalue weighted by Crippen LogP contribution is 2.53. The monoisotopic (exact) mass is 753 g/mol. The van der Waals surface area contributed by atoms with Crippen LogP contribution in [-0.2, 0) is 34.9 Å². The van der Waals surface area contributed by atoms with Crippen LogP contribution in [0.25, 0.3) is 0 Å². The van der Waals surface area contributed by atoms with Gasteiger partial charge >= 0.3 is 6.09 Å². The molecular weight excluding hydrogens is 710 g/mol. The molecule has 2 aromatic carbocycles. The molecule has 1 amide bonds. The number of piperazine rings is 1. The van der Waals surface area contributed by atoms with Gasteiger partial charge in [0.05, 0.1) is 49.2 Å². The van der Waals surface area contributed by atoms with Gasteiger partial charge in [0, 0.05) is 81.8 Å². The molecule has 17 heteroatoms. The van der Waals surface area contributed by atoms with E-state index < -0.39 is 89.1 Å². The van der Waals surface area contributed by atoms with E-state index in [1.54, 1.807) is 4.90 Å². The summed E-state index contributed by atoms with van der Waals surface area (Å²) in [5.41, 5.74) is -3.29. The van der Waals surface area contributed by atoms with Crippen LogP contribution in [0.3, 0.4) is 0 Å². The second-order valence-corrected chi connectivity index (χ2v) is 14.7. The molecule has 0 bridgehead atoms. The predicted molar refractivity (Wildman–Crippen MR) is 183 cm³/mol. The van der Waals surface area contributed by atoms with Gasteiger partial charge in [-0.1, -0.05) is 12.1 Å². The van der Waals surface area contributed by atoms with Crippen LogP contribution in [0.2, 0.25) is 0 Å². The molecule has 54 heavy (non-hydrogen) atoms. The summed E-state index contributed by atoms with van der Waals surface area (Å²) in [6.07, 6.45) is -5.83. The lowest BCUT2D eigenvalue weighted by atomic mass is 9.71. The number of amides is 1. The molecule has 4 aliphatic heterocycles. The lowest BCUT2D eigenvalue weighted by molar-refractivity contribution is -0.256. The predicted octanol–water partition coefficient (Wildman–Crippen LogP) is 1.01. The molecule has 0 saturated carbocycles. The van der Waals surface area contributed by atoms with Crippen molar-refractivity contribution in [2.24, 2.45) is 0 Å². The van der Waals surface area contributed by atoms with Crippen LogP contribution in [0, 0.1) is 0 Å². The second-order valence-electron chi connectivity index (χ2n) is 14.7. The maximum Gasteiger partial charge on any atom is 0.407 e. The number of nitrogens with zero attached hydrogens (tertiary/aromatic N) is 3. The number of benzene rings is 2. The minimum Gasteiger partial charge on any atom is -0.507 e. The highest BCUT2D eigenvalue weighted by atomic mass is 16.7. The Bertz CT molecular complexity index is 1900. The van der Waals surface area contributed by atoms with Crippen molar-refractivity contribution >= 4 is 23.4 Å². The quantitative estimate of drug-likeness (QED) is 0.248. The molecule has 4 heterocycles. The minimum absolute atomic E-state index is 0.0352. The molecule has 8 atom stereocenters. The average molecular weight is 754 g/mol. The number of phenols is 2. The fraction of sp³-hybridized carbons (Fsp3) is 0.568. The van der Waals surface area contributed by atoms with E-state index in [1.807, 2.05) is 6.92 Å². The fourth-order valence-electron chi connectivity index (χ4n) is 8.99. The summed E-state index contributed by atoms with van der Waals surface area (Å²) in [6, 6.07) is 4.27. The molecular formula is C37H43N3O14. The zero-order valence-electron chi connectivity index (χ0n) is 30.1. The number of carbonyl (C=O) groups excluding carboxylic acids is 3. The lowest BCUT2D eigenvalue weighted by Gasteiger charge is -2.44. The number of rotatable bonds is 7. The molecule has 0 unspecified atom stereocenters. The summed E-state index contributed by atoms with van der Waals surface area (Å²) in [7, 11) is 2.89. The summed E-state index contributed by atoms with van der Waals surface area (Å²) in [6.45, 7) is 3.45. The Morgan fingerprint density at radius 1 is 0.981 bits per heavy atom. The van der Waals surface area contributed by atoms with E-state index in [1.165, 1.54) is 37.3 Å². The van der Waals surface area contributed by atoms with Crippen LogP contribution < -0.4 is 4.74 Å². The topological polar surface area (TPSA) is 214 Å². The number of fused-ring (bicyclic) bond motifs is 6. The first-order chi connectivity index (χ1) is 25.8.